The van der Waals surface area contributed by atoms with Crippen molar-refractivity contribution in [2.75, 3.05) is 0 Å². The highest BCUT2D eigenvalue weighted by atomic mass is 15.0. The van der Waals surface area contributed by atoms with E-state index in [9.17, 15) is 0 Å². The van der Waals surface area contributed by atoms with Gasteiger partial charge in [0, 0.05) is 43.5 Å². The highest BCUT2D eigenvalue weighted by Gasteiger charge is 2.36. The Hall–Kier alpha value is -6.00. The van der Waals surface area contributed by atoms with Gasteiger partial charge in [0.15, 0.2) is 0 Å². The van der Waals surface area contributed by atoms with E-state index in [2.05, 4.69) is 158 Å². The van der Waals surface area contributed by atoms with Gasteiger partial charge in [-0.25, -0.2) is 0 Å². The standard InChI is InChI=1S/C46H34N4/c1-45(2)33-21-19-27(23-41(33)49-39-17-7-5-11-29(39)31-13-9-15-35(45)43(31)49)37-25-48-38(26-47-37)28-20-22-34-42(24-28)50-40-18-8-6-12-30(40)32-14-10-16-36(44(32)50)46(34,3)4/h5-26H,1-4H3. The summed E-state index contributed by atoms with van der Waals surface area (Å²) in [6.07, 6.45) is 3.87. The maximum atomic E-state index is 5.03. The molecule has 3 aromatic heterocycles. The number of aromatic nitrogens is 4. The second-order valence-corrected chi connectivity index (χ2v) is 15.1. The number of benzene rings is 6. The molecular formula is C46H34N4. The lowest BCUT2D eigenvalue weighted by molar-refractivity contribution is 0.630. The molecule has 0 atom stereocenters. The van der Waals surface area contributed by atoms with E-state index in [0.717, 1.165) is 22.5 Å². The first kappa shape index (κ1) is 27.9. The van der Waals surface area contributed by atoms with Crippen LogP contribution in [0.15, 0.2) is 134 Å². The average Bonchev–Trinajstić information content (AvgIpc) is 3.67. The van der Waals surface area contributed by atoms with E-state index in [-0.39, 0.29) is 10.8 Å². The topological polar surface area (TPSA) is 35.6 Å². The molecule has 238 valence electrons. The van der Waals surface area contributed by atoms with Gasteiger partial charge >= 0.3 is 0 Å². The van der Waals surface area contributed by atoms with E-state index >= 15 is 0 Å². The molecule has 2 aliphatic heterocycles. The summed E-state index contributed by atoms with van der Waals surface area (Å²) in [5.41, 5.74) is 16.5. The minimum absolute atomic E-state index is 0.133. The highest BCUT2D eigenvalue weighted by molar-refractivity contribution is 6.12. The Balaban J connectivity index is 1.04. The van der Waals surface area contributed by atoms with E-state index in [0.29, 0.717) is 0 Å². The lowest BCUT2D eigenvalue weighted by Crippen LogP contribution is -2.26. The third-order valence-electron chi connectivity index (χ3n) is 11.8. The fraction of sp³-hybridized carbons (Fsp3) is 0.130. The molecule has 0 aliphatic carbocycles. The number of fused-ring (bicyclic) bond motifs is 10. The molecule has 0 saturated heterocycles. The van der Waals surface area contributed by atoms with Crippen LogP contribution in [0.1, 0.15) is 49.9 Å². The third-order valence-corrected chi connectivity index (χ3v) is 11.8. The van der Waals surface area contributed by atoms with Crippen LogP contribution in [-0.2, 0) is 10.8 Å². The van der Waals surface area contributed by atoms with E-state index in [1.807, 2.05) is 12.4 Å². The number of para-hydroxylation sites is 4. The van der Waals surface area contributed by atoms with Crippen molar-refractivity contribution in [3.8, 4) is 33.9 Å². The summed E-state index contributed by atoms with van der Waals surface area (Å²) in [5.74, 6) is 0. The molecule has 11 rings (SSSR count). The Morgan fingerprint density at radius 2 is 0.840 bits per heavy atom. The summed E-state index contributed by atoms with van der Waals surface area (Å²) < 4.78 is 4.92. The first-order chi connectivity index (χ1) is 24.3. The van der Waals surface area contributed by atoms with Gasteiger partial charge in [-0.1, -0.05) is 125 Å². The van der Waals surface area contributed by atoms with Crippen molar-refractivity contribution in [1.29, 1.82) is 0 Å². The van der Waals surface area contributed by atoms with E-state index in [1.165, 1.54) is 77.2 Å². The number of rotatable bonds is 2. The van der Waals surface area contributed by atoms with Gasteiger partial charge in [0.1, 0.15) is 0 Å². The zero-order chi connectivity index (χ0) is 33.5. The fourth-order valence-electron chi connectivity index (χ4n) is 9.27. The van der Waals surface area contributed by atoms with Crippen LogP contribution < -0.4 is 0 Å². The van der Waals surface area contributed by atoms with Crippen LogP contribution in [0.25, 0.3) is 77.5 Å². The van der Waals surface area contributed by atoms with Crippen molar-refractivity contribution < 1.29 is 0 Å². The zero-order valence-corrected chi connectivity index (χ0v) is 28.5. The molecule has 0 radical (unpaired) electrons. The van der Waals surface area contributed by atoms with Gasteiger partial charge in [0.05, 0.1) is 57.2 Å². The quantitative estimate of drug-likeness (QED) is 0.188. The van der Waals surface area contributed by atoms with Gasteiger partial charge in [-0.3, -0.25) is 9.97 Å². The Kier molecular flexibility index (Phi) is 5.23. The Morgan fingerprint density at radius 1 is 0.420 bits per heavy atom. The Labute approximate surface area is 290 Å². The molecule has 50 heavy (non-hydrogen) atoms. The maximum Gasteiger partial charge on any atom is 0.0886 e. The molecule has 0 saturated carbocycles. The second kappa shape index (κ2) is 9.36. The summed E-state index contributed by atoms with van der Waals surface area (Å²) >= 11 is 0. The van der Waals surface area contributed by atoms with E-state index in [1.54, 1.807) is 0 Å². The number of hydrogen-bond donors (Lipinski definition) is 0. The fourth-order valence-corrected chi connectivity index (χ4v) is 9.27. The molecule has 0 fully saturated rings. The summed E-state index contributed by atoms with van der Waals surface area (Å²) in [6.45, 7) is 9.37. The maximum absolute atomic E-state index is 5.03. The molecular weight excluding hydrogens is 609 g/mol. The summed E-state index contributed by atoms with van der Waals surface area (Å²) in [6, 6.07) is 44.7. The summed E-state index contributed by atoms with van der Waals surface area (Å²) in [7, 11) is 0. The largest absolute Gasteiger partial charge is 0.309 e. The van der Waals surface area contributed by atoms with Crippen LogP contribution in [0, 0.1) is 0 Å². The molecule has 9 aromatic rings. The Morgan fingerprint density at radius 3 is 1.28 bits per heavy atom. The lowest BCUT2D eigenvalue weighted by Gasteiger charge is -2.35. The first-order valence-corrected chi connectivity index (χ1v) is 17.5. The molecule has 2 aliphatic rings. The molecule has 0 N–H and O–H groups in total. The van der Waals surface area contributed by atoms with E-state index in [4.69, 9.17) is 9.97 Å². The minimum atomic E-state index is -0.133. The van der Waals surface area contributed by atoms with Gasteiger partial charge in [0.25, 0.3) is 0 Å². The van der Waals surface area contributed by atoms with Crippen molar-refractivity contribution in [3.63, 3.8) is 0 Å². The van der Waals surface area contributed by atoms with Gasteiger partial charge in [-0.2, -0.15) is 0 Å². The first-order valence-electron chi connectivity index (χ1n) is 17.5. The monoisotopic (exact) mass is 642 g/mol. The van der Waals surface area contributed by atoms with Crippen molar-refractivity contribution >= 4 is 43.6 Å². The van der Waals surface area contributed by atoms with Crippen LogP contribution in [0.4, 0.5) is 0 Å². The highest BCUT2D eigenvalue weighted by Crippen LogP contribution is 2.50. The molecule has 4 nitrogen and oxygen atoms in total. The van der Waals surface area contributed by atoms with Crippen molar-refractivity contribution in [2.45, 2.75) is 38.5 Å². The van der Waals surface area contributed by atoms with Crippen LogP contribution in [-0.4, -0.2) is 19.1 Å². The second-order valence-electron chi connectivity index (χ2n) is 15.1. The SMILES string of the molecule is CC1(C)c2ccc(-c3cnc(-c4ccc5c(c4)-n4c6ccccc6c6cccc(c64)C5(C)C)cn3)cc2-n2c3ccccc3c3cccc1c32. The predicted octanol–water partition coefficient (Wildman–Crippen LogP) is 11.3. The lowest BCUT2D eigenvalue weighted by atomic mass is 9.74. The van der Waals surface area contributed by atoms with Crippen molar-refractivity contribution in [1.82, 2.24) is 19.1 Å². The van der Waals surface area contributed by atoms with Gasteiger partial charge in [0.2, 0.25) is 0 Å². The molecule has 0 unspecified atom stereocenters. The molecule has 4 heteroatoms. The van der Waals surface area contributed by atoms with Gasteiger partial charge < -0.3 is 9.13 Å². The smallest absolute Gasteiger partial charge is 0.0886 e. The van der Waals surface area contributed by atoms with Gasteiger partial charge in [-0.15, -0.1) is 0 Å². The van der Waals surface area contributed by atoms with Crippen molar-refractivity contribution in [3.05, 3.63) is 156 Å². The molecule has 0 bridgehead atoms. The molecule has 0 amide bonds. The summed E-state index contributed by atoms with van der Waals surface area (Å²) in [4.78, 5) is 10.1. The minimum Gasteiger partial charge on any atom is -0.309 e. The van der Waals surface area contributed by atoms with E-state index < -0.39 is 0 Å². The summed E-state index contributed by atoms with van der Waals surface area (Å²) in [5, 5.41) is 5.18. The molecule has 6 aromatic carbocycles. The van der Waals surface area contributed by atoms with Crippen LogP contribution in [0.3, 0.4) is 0 Å². The molecule has 5 heterocycles. The van der Waals surface area contributed by atoms with Gasteiger partial charge in [-0.05, 0) is 46.5 Å². The van der Waals surface area contributed by atoms with Crippen LogP contribution in [0.5, 0.6) is 0 Å². The zero-order valence-electron chi connectivity index (χ0n) is 28.5. The van der Waals surface area contributed by atoms with Crippen LogP contribution in [0.2, 0.25) is 0 Å². The molecule has 0 spiro atoms. The Bertz CT molecular complexity index is 2720. The third kappa shape index (κ3) is 3.40. The van der Waals surface area contributed by atoms with Crippen LogP contribution >= 0.6 is 0 Å². The normalized spacial score (nSPS) is 15.1. The predicted molar refractivity (Wildman–Crippen MR) is 206 cm³/mol. The average molecular weight is 643 g/mol. The number of hydrogen-bond acceptors (Lipinski definition) is 2. The number of nitrogens with zero attached hydrogens (tertiary/aromatic N) is 4. The van der Waals surface area contributed by atoms with Crippen molar-refractivity contribution in [2.24, 2.45) is 0 Å².